The number of imidazole rings is 1. The summed E-state index contributed by atoms with van der Waals surface area (Å²) < 4.78 is 6.75. The van der Waals surface area contributed by atoms with E-state index >= 15 is 0 Å². The molecule has 3 aromatic rings. The summed E-state index contributed by atoms with van der Waals surface area (Å²) in [5.74, 6) is 0.395. The lowest BCUT2D eigenvalue weighted by atomic mass is 10.2. The fourth-order valence-corrected chi connectivity index (χ4v) is 3.21. The van der Waals surface area contributed by atoms with Crippen LogP contribution in [-0.4, -0.2) is 22.5 Å². The van der Waals surface area contributed by atoms with Crippen molar-refractivity contribution in [1.82, 2.24) is 9.97 Å². The second-order valence-corrected chi connectivity index (χ2v) is 6.35. The summed E-state index contributed by atoms with van der Waals surface area (Å²) >= 11 is 6.99. The normalized spacial score (nSPS) is 10.9. The third-order valence-electron chi connectivity index (χ3n) is 3.18. The molecule has 0 radical (unpaired) electrons. The number of benzene rings is 2. The van der Waals surface area contributed by atoms with Gasteiger partial charge in [-0.3, -0.25) is 0 Å². The molecule has 1 aromatic heterocycles. The first-order valence-corrected chi connectivity index (χ1v) is 8.30. The second kappa shape index (κ2) is 6.22. The van der Waals surface area contributed by atoms with E-state index in [1.165, 1.54) is 0 Å². The van der Waals surface area contributed by atoms with Gasteiger partial charge in [0, 0.05) is 14.5 Å². The molecular formula is C16H12Br2N2O2. The Bertz CT molecular complexity index is 858. The molecule has 2 aromatic carbocycles. The minimum absolute atomic E-state index is 0.345. The van der Waals surface area contributed by atoms with Gasteiger partial charge < -0.3 is 9.72 Å². The van der Waals surface area contributed by atoms with Crippen molar-refractivity contribution in [3.63, 3.8) is 0 Å². The highest BCUT2D eigenvalue weighted by atomic mass is 79.9. The van der Waals surface area contributed by atoms with Crippen molar-refractivity contribution in [2.75, 3.05) is 6.61 Å². The van der Waals surface area contributed by atoms with Crippen LogP contribution in [0.5, 0.6) is 0 Å². The van der Waals surface area contributed by atoms with E-state index < -0.39 is 0 Å². The van der Waals surface area contributed by atoms with E-state index in [2.05, 4.69) is 41.8 Å². The summed E-state index contributed by atoms with van der Waals surface area (Å²) in [5, 5.41) is 0. The maximum Gasteiger partial charge on any atom is 0.338 e. The van der Waals surface area contributed by atoms with Gasteiger partial charge in [-0.1, -0.05) is 34.1 Å². The molecule has 0 amide bonds. The number of halogens is 2. The largest absolute Gasteiger partial charge is 0.462 e. The Hall–Kier alpha value is -1.66. The van der Waals surface area contributed by atoms with E-state index in [0.717, 1.165) is 31.4 Å². The zero-order valence-electron chi connectivity index (χ0n) is 11.7. The van der Waals surface area contributed by atoms with Crippen molar-refractivity contribution < 1.29 is 9.53 Å². The number of aromatic amines is 1. The summed E-state index contributed by atoms with van der Waals surface area (Å²) in [6.07, 6.45) is 0. The molecule has 0 aliphatic rings. The summed E-state index contributed by atoms with van der Waals surface area (Å²) in [7, 11) is 0. The molecule has 0 fully saturated rings. The number of H-pyrrole nitrogens is 1. The van der Waals surface area contributed by atoms with Crippen molar-refractivity contribution in [1.29, 1.82) is 0 Å². The van der Waals surface area contributed by atoms with E-state index in [1.54, 1.807) is 19.1 Å². The van der Waals surface area contributed by atoms with Gasteiger partial charge in [-0.25, -0.2) is 9.78 Å². The summed E-state index contributed by atoms with van der Waals surface area (Å²) in [6, 6.07) is 11.3. The maximum absolute atomic E-state index is 11.9. The van der Waals surface area contributed by atoms with Gasteiger partial charge in [0.25, 0.3) is 0 Å². The Kier molecular flexibility index (Phi) is 4.31. The number of hydrogen-bond acceptors (Lipinski definition) is 3. The van der Waals surface area contributed by atoms with Crippen LogP contribution >= 0.6 is 31.9 Å². The molecule has 0 bridgehead atoms. The molecule has 0 saturated carbocycles. The molecule has 22 heavy (non-hydrogen) atoms. The molecule has 0 aliphatic heterocycles. The first-order valence-electron chi connectivity index (χ1n) is 6.71. The van der Waals surface area contributed by atoms with Crippen LogP contribution in [-0.2, 0) is 4.74 Å². The van der Waals surface area contributed by atoms with Crippen LogP contribution in [0.15, 0.2) is 45.3 Å². The lowest BCUT2D eigenvalue weighted by Gasteiger charge is -2.02. The third-order valence-corrected chi connectivity index (χ3v) is 4.48. The highest BCUT2D eigenvalue weighted by Gasteiger charge is 2.14. The van der Waals surface area contributed by atoms with E-state index in [4.69, 9.17) is 4.74 Å². The average Bonchev–Trinajstić information content (AvgIpc) is 2.92. The summed E-state index contributed by atoms with van der Waals surface area (Å²) in [4.78, 5) is 19.7. The number of aromatic nitrogens is 2. The van der Waals surface area contributed by atoms with Gasteiger partial charge in [0.05, 0.1) is 17.7 Å². The highest BCUT2D eigenvalue weighted by molar-refractivity contribution is 9.11. The van der Waals surface area contributed by atoms with E-state index in [1.807, 2.05) is 24.3 Å². The number of nitrogens with one attached hydrogen (secondary N) is 1. The zero-order chi connectivity index (χ0) is 15.7. The Morgan fingerprint density at radius 2 is 2.00 bits per heavy atom. The molecular weight excluding hydrogens is 412 g/mol. The maximum atomic E-state index is 11.9. The number of carbonyl (C=O) groups excluding carboxylic acids is 1. The standard InChI is InChI=1S/C16H12Br2N2O2/c1-2-22-16(21)9-7-12(18)14-13(8-9)19-15(20-14)10-5-3-4-6-11(10)17/h3-8H,2H2,1H3,(H,19,20). The van der Waals surface area contributed by atoms with Crippen LogP contribution in [0.2, 0.25) is 0 Å². The predicted molar refractivity (Wildman–Crippen MR) is 92.9 cm³/mol. The first kappa shape index (κ1) is 15.2. The Morgan fingerprint density at radius 3 is 2.73 bits per heavy atom. The van der Waals surface area contributed by atoms with Crippen molar-refractivity contribution >= 4 is 48.9 Å². The molecule has 0 atom stereocenters. The SMILES string of the molecule is CCOC(=O)c1cc(Br)c2nc(-c3ccccc3Br)[nH]c2c1. The summed E-state index contributed by atoms with van der Waals surface area (Å²) in [6.45, 7) is 2.13. The number of carbonyl (C=O) groups is 1. The second-order valence-electron chi connectivity index (χ2n) is 4.64. The molecule has 3 rings (SSSR count). The molecule has 1 heterocycles. The van der Waals surface area contributed by atoms with E-state index in [9.17, 15) is 4.79 Å². The predicted octanol–water partition coefficient (Wildman–Crippen LogP) is 4.93. The zero-order valence-corrected chi connectivity index (χ0v) is 14.9. The fourth-order valence-electron chi connectivity index (χ4n) is 2.19. The molecule has 0 saturated heterocycles. The van der Waals surface area contributed by atoms with Crippen molar-refractivity contribution in [3.05, 3.63) is 50.9 Å². The van der Waals surface area contributed by atoms with Gasteiger partial charge in [-0.15, -0.1) is 0 Å². The molecule has 0 aliphatic carbocycles. The van der Waals surface area contributed by atoms with Crippen LogP contribution in [0, 0.1) is 0 Å². The molecule has 6 heteroatoms. The third kappa shape index (κ3) is 2.80. The van der Waals surface area contributed by atoms with Gasteiger partial charge >= 0.3 is 5.97 Å². The quantitative estimate of drug-likeness (QED) is 0.607. The van der Waals surface area contributed by atoms with Crippen LogP contribution in [0.25, 0.3) is 22.4 Å². The van der Waals surface area contributed by atoms with Crippen LogP contribution in [0.4, 0.5) is 0 Å². The smallest absolute Gasteiger partial charge is 0.338 e. The number of fused-ring (bicyclic) bond motifs is 1. The van der Waals surface area contributed by atoms with Crippen molar-refractivity contribution in [3.8, 4) is 11.4 Å². The Balaban J connectivity index is 2.12. The Labute approximate surface area is 144 Å². The van der Waals surface area contributed by atoms with Gasteiger partial charge in [-0.05, 0) is 41.1 Å². The topological polar surface area (TPSA) is 55.0 Å². The number of hydrogen-bond donors (Lipinski definition) is 1. The van der Waals surface area contributed by atoms with Crippen LogP contribution in [0.1, 0.15) is 17.3 Å². The summed E-state index contributed by atoms with van der Waals surface area (Å²) in [5.41, 5.74) is 3.01. The van der Waals surface area contributed by atoms with Gasteiger partial charge in [0.1, 0.15) is 11.3 Å². The minimum atomic E-state index is -0.345. The minimum Gasteiger partial charge on any atom is -0.462 e. The van der Waals surface area contributed by atoms with Gasteiger partial charge in [0.2, 0.25) is 0 Å². The molecule has 4 nitrogen and oxygen atoms in total. The van der Waals surface area contributed by atoms with E-state index in [-0.39, 0.29) is 5.97 Å². The highest BCUT2D eigenvalue weighted by Crippen LogP contribution is 2.31. The molecule has 0 spiro atoms. The number of ether oxygens (including phenoxy) is 1. The number of rotatable bonds is 3. The number of nitrogens with zero attached hydrogens (tertiary/aromatic N) is 1. The molecule has 0 unspecified atom stereocenters. The van der Waals surface area contributed by atoms with Crippen LogP contribution < -0.4 is 0 Å². The number of esters is 1. The lowest BCUT2D eigenvalue weighted by molar-refractivity contribution is 0.0526. The van der Waals surface area contributed by atoms with Crippen molar-refractivity contribution in [2.24, 2.45) is 0 Å². The first-order chi connectivity index (χ1) is 10.6. The molecule has 112 valence electrons. The van der Waals surface area contributed by atoms with Crippen LogP contribution in [0.3, 0.4) is 0 Å². The monoisotopic (exact) mass is 422 g/mol. The Morgan fingerprint density at radius 1 is 1.23 bits per heavy atom. The van der Waals surface area contributed by atoms with Gasteiger partial charge in [-0.2, -0.15) is 0 Å². The molecule has 1 N–H and O–H groups in total. The van der Waals surface area contributed by atoms with Crippen molar-refractivity contribution in [2.45, 2.75) is 6.92 Å². The van der Waals surface area contributed by atoms with E-state index in [0.29, 0.717) is 12.2 Å². The lowest BCUT2D eigenvalue weighted by Crippen LogP contribution is -2.04. The average molecular weight is 424 g/mol. The fraction of sp³-hybridized carbons (Fsp3) is 0.125. The van der Waals surface area contributed by atoms with Gasteiger partial charge in [0.15, 0.2) is 0 Å².